The number of carboxylic acid groups (broad SMARTS) is 2. The van der Waals surface area contributed by atoms with Gasteiger partial charge in [0.2, 0.25) is 23.6 Å². The molecule has 49 nitrogen and oxygen atoms in total. The number of nitrogens with zero attached hydrogens (tertiary/aromatic N) is 8. The van der Waals surface area contributed by atoms with Crippen molar-refractivity contribution in [3.63, 3.8) is 0 Å². The maximum Gasteiger partial charge on any atom is 0.303 e. The molecule has 0 bridgehead atoms. The van der Waals surface area contributed by atoms with Crippen molar-refractivity contribution in [1.82, 2.24) is 61.1 Å². The van der Waals surface area contributed by atoms with Gasteiger partial charge >= 0.3 is 11.9 Å². The predicted molar refractivity (Wildman–Crippen MR) is 507 cm³/mol. The standard InChI is InChI=1S/C98H158N12O37/c1-5-59-43-61(65(113)21-13-27-99-73(115)23-25-77(119)120)45-67(89(59)146-97-87(129)85(127)81(123)55(3)138-97)142-95-79(91(83(125)71(51-111)144-95)140-69(93(131)107-29-15-30-107)41-57-17-9-7-10-18-57)101-75(117)49-109-47-63(103-105-109)53-136-39-37-134-35-33-133-34-36-135-38-40-137-54-64-48-110(106-104-64)50-76(118)102-80-92(141-70(94(132)108-31-16-32-108)42-58-19-11-8-12-20-58)84(126)72(52-112)145-96(80)143-68-46-62(66(114)22-14-28-100-74(116)24-26-78(121)122)44-60(6-2)90(68)147-98-88(130)86(128)82(124)56(4)139-98/h47-48,55-62,67-72,79-92,95-98,111-112,123-130H,5-46,49-54H2,1-4H3,(H,99,115)(H,100,116)(H,101,117)(H,102,118)(H,119,120)(H,121,122)/t55?,56?,59-,60-,61?,62?,67-,68-,69+,70+,71+,72+,79?,80?,81-,82-,83+,84+,85+,86+,87?,88?,89?,90?,91?,92?,95-,96-,97+,98+/m1/s1. The Morgan fingerprint density at radius 2 is 0.782 bits per heavy atom. The number of aromatic nitrogens is 6. The van der Waals surface area contributed by atoms with Crippen LogP contribution in [0.4, 0.5) is 0 Å². The molecule has 12 rings (SSSR count). The molecule has 8 heterocycles. The lowest BCUT2D eigenvalue weighted by atomic mass is 9.74. The molecule has 2 aromatic heterocycles. The highest BCUT2D eigenvalue weighted by atomic mass is 16.8. The third kappa shape index (κ3) is 34.7. The molecule has 4 saturated carbocycles. The molecule has 49 heteroatoms. The molecule has 30 atom stereocenters. The Morgan fingerprint density at radius 3 is 1.12 bits per heavy atom. The number of aliphatic carboxylic acids is 2. The van der Waals surface area contributed by atoms with Gasteiger partial charge in [0.1, 0.15) is 134 Å². The maximum absolute atomic E-state index is 14.7. The fourth-order valence-corrected chi connectivity index (χ4v) is 21.1. The van der Waals surface area contributed by atoms with Crippen LogP contribution in [0.5, 0.6) is 0 Å². The normalized spacial score (nSPS) is 32.3. The fraction of sp³-hybridized carbons (Fsp3) is 0.857. The first-order valence-electron chi connectivity index (χ1n) is 52.8. The molecule has 6 saturated heterocycles. The van der Waals surface area contributed by atoms with E-state index >= 15 is 0 Å². The number of carbonyl (C=O) groups is 10. The van der Waals surface area contributed by atoms with Gasteiger partial charge in [-0.3, -0.25) is 47.9 Å². The van der Waals surface area contributed by atoms with Crippen LogP contribution in [0.1, 0.15) is 219 Å². The zero-order valence-electron chi connectivity index (χ0n) is 84.7. The van der Waals surface area contributed by atoms with Gasteiger partial charge in [0, 0.05) is 76.8 Å². The molecule has 0 spiro atoms. The number of hydrogen-bond acceptors (Lipinski definition) is 39. The van der Waals surface area contributed by atoms with Crippen LogP contribution in [0, 0.1) is 35.5 Å². The Kier molecular flexibility index (Phi) is 47.8. The number of ketones is 2. The molecule has 10 aliphatic rings. The summed E-state index contributed by atoms with van der Waals surface area (Å²) in [5.41, 5.74) is 0.690. The second-order valence-corrected chi connectivity index (χ2v) is 40.6. The first kappa shape index (κ1) is 118. The lowest BCUT2D eigenvalue weighted by molar-refractivity contribution is -0.338. The smallest absolute Gasteiger partial charge is 0.303 e. The second-order valence-electron chi connectivity index (χ2n) is 40.6. The Hall–Kier alpha value is -7.62. The molecule has 147 heavy (non-hydrogen) atoms. The van der Waals surface area contributed by atoms with Crippen LogP contribution >= 0.6 is 0 Å². The molecule has 6 amide bonds. The number of carboxylic acids is 2. The van der Waals surface area contributed by atoms with Crippen LogP contribution in [0.15, 0.2) is 12.4 Å². The number of aliphatic hydroxyl groups is 10. The number of likely N-dealkylation sites (tertiary alicyclic amines) is 2. The highest BCUT2D eigenvalue weighted by Gasteiger charge is 2.57. The Bertz CT molecular complexity index is 4130. The molecular weight excluding hydrogens is 1940 g/mol. The fourth-order valence-electron chi connectivity index (χ4n) is 21.1. The van der Waals surface area contributed by atoms with Gasteiger partial charge in [-0.2, -0.15) is 0 Å². The summed E-state index contributed by atoms with van der Waals surface area (Å²) >= 11 is 0. The molecule has 0 radical (unpaired) electrons. The molecule has 10 fully saturated rings. The van der Waals surface area contributed by atoms with Gasteiger partial charge in [0.05, 0.1) is 141 Å². The molecule has 0 aromatic carbocycles. The van der Waals surface area contributed by atoms with Gasteiger partial charge in [0.25, 0.3) is 11.8 Å². The highest BCUT2D eigenvalue weighted by molar-refractivity contribution is 5.84. The zero-order valence-corrected chi connectivity index (χ0v) is 84.7. The van der Waals surface area contributed by atoms with Crippen molar-refractivity contribution in [2.45, 2.75) is 393 Å². The van der Waals surface area contributed by atoms with E-state index in [0.717, 1.165) is 77.0 Å². The number of amides is 6. The number of ether oxygens (including phenoxy) is 15. The number of aliphatic hydroxyl groups excluding tert-OH is 10. The van der Waals surface area contributed by atoms with Crippen LogP contribution < -0.4 is 21.3 Å². The van der Waals surface area contributed by atoms with Crippen molar-refractivity contribution >= 4 is 58.9 Å². The van der Waals surface area contributed by atoms with Crippen molar-refractivity contribution in [3.8, 4) is 0 Å². The van der Waals surface area contributed by atoms with Gasteiger partial charge in [0.15, 0.2) is 25.2 Å². The third-order valence-corrected chi connectivity index (χ3v) is 29.8. The lowest BCUT2D eigenvalue weighted by Gasteiger charge is -2.49. The maximum atomic E-state index is 14.7. The summed E-state index contributed by atoms with van der Waals surface area (Å²) in [5, 5.41) is 159. The number of rotatable bonds is 60. The SMILES string of the molecule is CC[C@@H]1CC(C(=O)CCCNC(=O)CCC(=O)O)C[C@@H](O[C@@H]2O[C@@H](CO)[C@H](O)C(O[C@@H](CC3CCCCC3)C(=O)N3CCC3)C2NC(=O)Cn2cc(COCCOCCOCCOCCOCc3cn(CC(=O)NC4C(O[C@@H](CC5CCCCC5)C(=O)N5CCC5)[C@@H](O)[C@H](CO)O[C@H]4O[C@@H]4CC(C(=O)CCCNC(=O)CCC(=O)O)C[C@@H](CC)C4O[C@@H]4OC(C)[C@@H](O)[C@H](O)C4O)nn3)nn2)C1O[C@@H]1OC(C)[C@@H](O)[C@H](O)C1O. The predicted octanol–water partition coefficient (Wildman–Crippen LogP) is -1.58. The van der Waals surface area contributed by atoms with Crippen molar-refractivity contribution in [3.05, 3.63) is 23.8 Å². The summed E-state index contributed by atoms with van der Waals surface area (Å²) < 4.78 is 97.0. The third-order valence-electron chi connectivity index (χ3n) is 29.8. The van der Waals surface area contributed by atoms with E-state index in [1.807, 2.05) is 13.8 Å². The number of Topliss-reactive ketones (excluding diaryl/α,β-unsaturated/α-hetero) is 2. The van der Waals surface area contributed by atoms with E-state index in [-0.39, 0.29) is 191 Å². The number of nitrogens with one attached hydrogen (secondary N) is 4. The second kappa shape index (κ2) is 59.6. The van der Waals surface area contributed by atoms with E-state index in [2.05, 4.69) is 41.9 Å². The molecule has 6 aliphatic heterocycles. The zero-order chi connectivity index (χ0) is 105. The molecule has 16 N–H and O–H groups in total. The Labute approximate surface area is 854 Å². The monoisotopic (exact) mass is 2100 g/mol. The highest BCUT2D eigenvalue weighted by Crippen LogP contribution is 2.45. The Morgan fingerprint density at radius 1 is 0.415 bits per heavy atom. The summed E-state index contributed by atoms with van der Waals surface area (Å²) in [6.45, 7) is 7.72. The van der Waals surface area contributed by atoms with Crippen molar-refractivity contribution < 1.29 is 180 Å². The van der Waals surface area contributed by atoms with Crippen LogP contribution in [-0.2, 0) is 145 Å². The van der Waals surface area contributed by atoms with E-state index in [1.54, 1.807) is 9.80 Å². The topological polar surface area (TPSA) is 668 Å². The summed E-state index contributed by atoms with van der Waals surface area (Å²) in [4.78, 5) is 137. The largest absolute Gasteiger partial charge is 0.481 e. The minimum atomic E-state index is -1.75. The average Bonchev–Trinajstić information content (AvgIpc) is 1.07. The van der Waals surface area contributed by atoms with Crippen LogP contribution in [0.2, 0.25) is 0 Å². The first-order valence-corrected chi connectivity index (χ1v) is 52.8. The van der Waals surface area contributed by atoms with Crippen molar-refractivity contribution in [2.75, 3.05) is 105 Å². The molecule has 2 aromatic rings. The van der Waals surface area contributed by atoms with Gasteiger partial charge in [-0.05, 0) is 102 Å². The van der Waals surface area contributed by atoms with Crippen LogP contribution in [-0.4, -0.2) is 425 Å². The first-order chi connectivity index (χ1) is 70.8. The van der Waals surface area contributed by atoms with Gasteiger partial charge in [-0.15, -0.1) is 10.2 Å². The van der Waals surface area contributed by atoms with Gasteiger partial charge in [-0.25, -0.2) is 9.36 Å². The molecule has 4 aliphatic carbocycles. The number of carbonyl (C=O) groups excluding carboxylic acids is 8. The summed E-state index contributed by atoms with van der Waals surface area (Å²) in [6.07, 6.45) is -19.3. The van der Waals surface area contributed by atoms with E-state index in [0.29, 0.717) is 63.3 Å². The summed E-state index contributed by atoms with van der Waals surface area (Å²) in [7, 11) is 0. The molecular formula is C98H158N12O37. The van der Waals surface area contributed by atoms with Crippen molar-refractivity contribution in [1.29, 1.82) is 0 Å². The van der Waals surface area contributed by atoms with Crippen LogP contribution in [0.25, 0.3) is 0 Å². The minimum Gasteiger partial charge on any atom is -0.481 e. The molecule has 832 valence electrons. The summed E-state index contributed by atoms with van der Waals surface area (Å²) in [6, 6.07) is -2.93. The quantitative estimate of drug-likeness (QED) is 0.0332. The lowest BCUT2D eigenvalue weighted by Crippen LogP contribution is -2.68. The van der Waals surface area contributed by atoms with E-state index in [1.165, 1.54) is 35.6 Å². The molecule has 12 unspecified atom stereocenters. The van der Waals surface area contributed by atoms with E-state index in [4.69, 9.17) is 81.3 Å². The van der Waals surface area contributed by atoms with Gasteiger partial charge in [-0.1, -0.05) is 101 Å². The average molecular weight is 2100 g/mol. The Balaban J connectivity index is 0.616. The van der Waals surface area contributed by atoms with Crippen LogP contribution in [0.3, 0.4) is 0 Å². The van der Waals surface area contributed by atoms with Crippen molar-refractivity contribution in [2.24, 2.45) is 35.5 Å². The minimum absolute atomic E-state index is 0.000724. The van der Waals surface area contributed by atoms with Gasteiger partial charge < -0.3 is 163 Å². The number of hydrogen-bond donors (Lipinski definition) is 16. The summed E-state index contributed by atoms with van der Waals surface area (Å²) in [5.74, 6) is -7.96. The van der Waals surface area contributed by atoms with E-state index < -0.39 is 245 Å². The van der Waals surface area contributed by atoms with E-state index in [9.17, 15) is 99.0 Å².